The summed E-state index contributed by atoms with van der Waals surface area (Å²) in [6.07, 6.45) is 1.47. The van der Waals surface area contributed by atoms with Gasteiger partial charge in [0.05, 0.1) is 32.3 Å². The highest BCUT2D eigenvalue weighted by molar-refractivity contribution is 5.85. The van der Waals surface area contributed by atoms with Crippen molar-refractivity contribution in [1.82, 2.24) is 0 Å². The van der Waals surface area contributed by atoms with E-state index < -0.39 is 0 Å². The van der Waals surface area contributed by atoms with Gasteiger partial charge in [-0.05, 0) is 42.0 Å². The van der Waals surface area contributed by atoms with E-state index in [1.165, 1.54) is 6.26 Å². The van der Waals surface area contributed by atoms with Gasteiger partial charge in [-0.25, -0.2) is 0 Å². The SMILES string of the molecule is COc1cccc(Nc2ccc3c(=O)c(-c4ccc(OC)c(OC)c4)coc3c2)c1. The third-order valence-electron chi connectivity index (χ3n) is 4.83. The van der Waals surface area contributed by atoms with E-state index >= 15 is 0 Å². The van der Waals surface area contributed by atoms with Crippen LogP contribution in [-0.2, 0) is 0 Å². The highest BCUT2D eigenvalue weighted by Gasteiger charge is 2.13. The van der Waals surface area contributed by atoms with Gasteiger partial charge in [0.15, 0.2) is 16.9 Å². The first kappa shape index (κ1) is 19.4. The van der Waals surface area contributed by atoms with Crippen molar-refractivity contribution in [3.8, 4) is 28.4 Å². The second-order valence-electron chi connectivity index (χ2n) is 6.62. The standard InChI is InChI=1S/C24H21NO5/c1-27-18-6-4-5-16(12-18)25-17-8-9-19-22(13-17)30-14-20(24(19)26)15-7-10-21(28-2)23(11-15)29-3/h4-14,25H,1-3H3. The number of nitrogens with one attached hydrogen (secondary N) is 1. The molecule has 0 radical (unpaired) electrons. The van der Waals surface area contributed by atoms with Crippen molar-refractivity contribution in [3.63, 3.8) is 0 Å². The van der Waals surface area contributed by atoms with E-state index in [0.717, 1.165) is 17.1 Å². The van der Waals surface area contributed by atoms with Gasteiger partial charge in [-0.2, -0.15) is 0 Å². The van der Waals surface area contributed by atoms with Crippen molar-refractivity contribution in [1.29, 1.82) is 0 Å². The molecule has 0 aliphatic rings. The number of rotatable bonds is 6. The minimum atomic E-state index is -0.114. The molecule has 0 atom stereocenters. The van der Waals surface area contributed by atoms with Gasteiger partial charge in [0.1, 0.15) is 17.6 Å². The molecule has 3 aromatic carbocycles. The number of hydrogen-bond acceptors (Lipinski definition) is 6. The fourth-order valence-electron chi connectivity index (χ4n) is 3.28. The van der Waals surface area contributed by atoms with Crippen LogP contribution < -0.4 is 25.0 Å². The number of ether oxygens (including phenoxy) is 3. The molecule has 30 heavy (non-hydrogen) atoms. The van der Waals surface area contributed by atoms with Gasteiger partial charge >= 0.3 is 0 Å². The first-order valence-electron chi connectivity index (χ1n) is 9.32. The Morgan fingerprint density at radius 3 is 2.37 bits per heavy atom. The van der Waals surface area contributed by atoms with Crippen LogP contribution in [0.25, 0.3) is 22.1 Å². The van der Waals surface area contributed by atoms with E-state index in [9.17, 15) is 4.79 Å². The molecular formula is C24H21NO5. The summed E-state index contributed by atoms with van der Waals surface area (Å²) in [5.74, 6) is 1.90. The number of methoxy groups -OCH3 is 3. The summed E-state index contributed by atoms with van der Waals surface area (Å²) in [5.41, 5.74) is 3.21. The van der Waals surface area contributed by atoms with Crippen LogP contribution >= 0.6 is 0 Å². The molecule has 0 amide bonds. The molecule has 0 unspecified atom stereocenters. The Labute approximate surface area is 173 Å². The van der Waals surface area contributed by atoms with Crippen LogP contribution in [0, 0.1) is 0 Å². The lowest BCUT2D eigenvalue weighted by Crippen LogP contribution is -2.05. The lowest BCUT2D eigenvalue weighted by Gasteiger charge is -2.10. The second kappa shape index (κ2) is 8.21. The molecule has 0 bridgehead atoms. The highest BCUT2D eigenvalue weighted by Crippen LogP contribution is 2.32. The van der Waals surface area contributed by atoms with E-state index in [4.69, 9.17) is 18.6 Å². The van der Waals surface area contributed by atoms with Crippen molar-refractivity contribution in [2.45, 2.75) is 0 Å². The lowest BCUT2D eigenvalue weighted by atomic mass is 10.0. The second-order valence-corrected chi connectivity index (χ2v) is 6.62. The number of hydrogen-bond donors (Lipinski definition) is 1. The average molecular weight is 403 g/mol. The molecule has 0 spiro atoms. The molecule has 1 heterocycles. The predicted octanol–water partition coefficient (Wildman–Crippen LogP) is 5.23. The van der Waals surface area contributed by atoms with E-state index in [0.29, 0.717) is 33.6 Å². The fraction of sp³-hybridized carbons (Fsp3) is 0.125. The fourth-order valence-corrected chi connectivity index (χ4v) is 3.28. The minimum Gasteiger partial charge on any atom is -0.497 e. The Kier molecular flexibility index (Phi) is 5.30. The molecule has 6 nitrogen and oxygen atoms in total. The molecule has 1 aromatic heterocycles. The molecule has 4 rings (SSSR count). The van der Waals surface area contributed by atoms with Crippen molar-refractivity contribution in [2.75, 3.05) is 26.6 Å². The first-order valence-corrected chi connectivity index (χ1v) is 9.32. The van der Waals surface area contributed by atoms with Crippen LogP contribution in [0.15, 0.2) is 76.1 Å². The molecule has 6 heteroatoms. The summed E-state index contributed by atoms with van der Waals surface area (Å²) >= 11 is 0. The summed E-state index contributed by atoms with van der Waals surface area (Å²) in [4.78, 5) is 13.1. The van der Waals surface area contributed by atoms with E-state index in [1.54, 1.807) is 51.7 Å². The quantitative estimate of drug-likeness (QED) is 0.475. The van der Waals surface area contributed by atoms with Crippen LogP contribution in [0.4, 0.5) is 11.4 Å². The summed E-state index contributed by atoms with van der Waals surface area (Å²) in [7, 11) is 4.75. The Hall–Kier alpha value is -3.93. The molecule has 0 aliphatic heterocycles. The Balaban J connectivity index is 1.70. The summed E-state index contributed by atoms with van der Waals surface area (Å²) in [6, 6.07) is 18.3. The number of fused-ring (bicyclic) bond motifs is 1. The maximum absolute atomic E-state index is 13.1. The first-order chi connectivity index (χ1) is 14.6. The van der Waals surface area contributed by atoms with Gasteiger partial charge < -0.3 is 23.9 Å². The molecule has 152 valence electrons. The van der Waals surface area contributed by atoms with Gasteiger partial charge in [0.2, 0.25) is 0 Å². The lowest BCUT2D eigenvalue weighted by molar-refractivity contribution is 0.355. The van der Waals surface area contributed by atoms with Crippen molar-refractivity contribution in [3.05, 3.63) is 77.2 Å². The summed E-state index contributed by atoms with van der Waals surface area (Å²) in [5, 5.41) is 3.79. The molecule has 1 N–H and O–H groups in total. The van der Waals surface area contributed by atoms with Crippen LogP contribution in [-0.4, -0.2) is 21.3 Å². The molecule has 4 aromatic rings. The molecule has 0 fully saturated rings. The maximum Gasteiger partial charge on any atom is 0.200 e. The van der Waals surface area contributed by atoms with Crippen LogP contribution in [0.2, 0.25) is 0 Å². The predicted molar refractivity (Wildman–Crippen MR) is 117 cm³/mol. The number of anilines is 2. The van der Waals surface area contributed by atoms with Crippen LogP contribution in [0.1, 0.15) is 0 Å². The zero-order chi connectivity index (χ0) is 21.1. The van der Waals surface area contributed by atoms with Crippen molar-refractivity contribution < 1.29 is 18.6 Å². The molecule has 0 aliphatic carbocycles. The normalized spacial score (nSPS) is 10.6. The third kappa shape index (κ3) is 3.67. The third-order valence-corrected chi connectivity index (χ3v) is 4.83. The zero-order valence-corrected chi connectivity index (χ0v) is 16.9. The van der Waals surface area contributed by atoms with Crippen LogP contribution in [0.3, 0.4) is 0 Å². The van der Waals surface area contributed by atoms with E-state index in [-0.39, 0.29) is 5.43 Å². The van der Waals surface area contributed by atoms with E-state index in [1.807, 2.05) is 30.3 Å². The Bertz CT molecular complexity index is 1260. The van der Waals surface area contributed by atoms with E-state index in [2.05, 4.69) is 5.32 Å². The van der Waals surface area contributed by atoms with Crippen LogP contribution in [0.5, 0.6) is 17.2 Å². The van der Waals surface area contributed by atoms with Gasteiger partial charge in [0.25, 0.3) is 0 Å². The summed E-state index contributed by atoms with van der Waals surface area (Å²) < 4.78 is 21.6. The van der Waals surface area contributed by atoms with Crippen molar-refractivity contribution >= 4 is 22.3 Å². The minimum absolute atomic E-state index is 0.114. The monoisotopic (exact) mass is 403 g/mol. The van der Waals surface area contributed by atoms with Gasteiger partial charge in [-0.15, -0.1) is 0 Å². The Morgan fingerprint density at radius 2 is 1.60 bits per heavy atom. The molecular weight excluding hydrogens is 382 g/mol. The Morgan fingerprint density at radius 1 is 0.800 bits per heavy atom. The average Bonchev–Trinajstić information content (AvgIpc) is 2.79. The highest BCUT2D eigenvalue weighted by atomic mass is 16.5. The zero-order valence-electron chi connectivity index (χ0n) is 16.9. The topological polar surface area (TPSA) is 69.9 Å². The number of benzene rings is 3. The van der Waals surface area contributed by atoms with Gasteiger partial charge in [-0.3, -0.25) is 4.79 Å². The molecule has 0 saturated heterocycles. The summed E-state index contributed by atoms with van der Waals surface area (Å²) in [6.45, 7) is 0. The van der Waals surface area contributed by atoms with Gasteiger partial charge in [-0.1, -0.05) is 12.1 Å². The van der Waals surface area contributed by atoms with Crippen molar-refractivity contribution in [2.24, 2.45) is 0 Å². The maximum atomic E-state index is 13.1. The molecule has 0 saturated carbocycles. The van der Waals surface area contributed by atoms with Gasteiger partial charge in [0, 0.05) is 23.5 Å². The largest absolute Gasteiger partial charge is 0.497 e. The smallest absolute Gasteiger partial charge is 0.200 e.